The van der Waals surface area contributed by atoms with Crippen molar-refractivity contribution in [1.82, 2.24) is 20.2 Å². The van der Waals surface area contributed by atoms with Gasteiger partial charge in [-0.05, 0) is 26.2 Å². The van der Waals surface area contributed by atoms with E-state index < -0.39 is 0 Å². The summed E-state index contributed by atoms with van der Waals surface area (Å²) in [6.07, 6.45) is 3.25. The summed E-state index contributed by atoms with van der Waals surface area (Å²) >= 11 is 0. The van der Waals surface area contributed by atoms with Crippen LogP contribution in [-0.2, 0) is 0 Å². The molecule has 1 aromatic heterocycles. The highest BCUT2D eigenvalue weighted by molar-refractivity contribution is 5.92. The molecule has 26 heavy (non-hydrogen) atoms. The summed E-state index contributed by atoms with van der Waals surface area (Å²) in [5.74, 6) is 0.641. The van der Waals surface area contributed by atoms with Crippen molar-refractivity contribution in [3.63, 3.8) is 0 Å². The zero-order valence-corrected chi connectivity index (χ0v) is 15.4. The van der Waals surface area contributed by atoms with E-state index >= 15 is 0 Å². The van der Waals surface area contributed by atoms with Crippen LogP contribution in [0.3, 0.4) is 0 Å². The van der Waals surface area contributed by atoms with Crippen molar-refractivity contribution in [3.8, 4) is 0 Å². The molecule has 7 heteroatoms. The van der Waals surface area contributed by atoms with Gasteiger partial charge in [0.25, 0.3) is 5.91 Å². The maximum atomic E-state index is 12.1. The van der Waals surface area contributed by atoms with Crippen molar-refractivity contribution in [1.29, 1.82) is 0 Å². The number of amides is 1. The molecule has 0 bridgehead atoms. The number of rotatable bonds is 6. The van der Waals surface area contributed by atoms with E-state index in [0.29, 0.717) is 12.2 Å². The molecule has 0 radical (unpaired) electrons. The molecule has 7 nitrogen and oxygen atoms in total. The minimum atomic E-state index is -0.181. The number of anilines is 2. The van der Waals surface area contributed by atoms with Crippen LogP contribution in [0.4, 0.5) is 11.5 Å². The first kappa shape index (κ1) is 18.1. The van der Waals surface area contributed by atoms with Gasteiger partial charge in [0, 0.05) is 45.0 Å². The average Bonchev–Trinajstić information content (AvgIpc) is 2.68. The molecular weight excluding hydrogens is 328 g/mol. The Labute approximate surface area is 154 Å². The third-order valence-electron chi connectivity index (χ3n) is 4.44. The van der Waals surface area contributed by atoms with E-state index in [-0.39, 0.29) is 5.91 Å². The van der Waals surface area contributed by atoms with Crippen LogP contribution in [-0.4, -0.2) is 74.1 Å². The fourth-order valence-corrected chi connectivity index (χ4v) is 2.92. The first-order valence-electron chi connectivity index (χ1n) is 8.93. The second-order valence-electron chi connectivity index (χ2n) is 6.63. The van der Waals surface area contributed by atoms with Gasteiger partial charge >= 0.3 is 0 Å². The highest BCUT2D eigenvalue weighted by atomic mass is 16.1. The molecule has 1 aliphatic heterocycles. The molecule has 0 aliphatic carbocycles. The Kier molecular flexibility index (Phi) is 6.01. The average molecular weight is 354 g/mol. The van der Waals surface area contributed by atoms with Crippen molar-refractivity contribution in [2.24, 2.45) is 0 Å². The monoisotopic (exact) mass is 354 g/mol. The number of hydrogen-bond acceptors (Lipinski definition) is 6. The standard InChI is InChI=1S/C19H26N6O/c1-23(2)9-8-20-19(26)17-14-22-18(15-21-17)25-12-10-24(11-13-25)16-6-4-3-5-7-16/h3-7,14-15H,8-13H2,1-2H3,(H,20,26). The molecule has 0 spiro atoms. The number of carbonyl (C=O) groups is 1. The van der Waals surface area contributed by atoms with E-state index in [1.54, 1.807) is 12.4 Å². The van der Waals surface area contributed by atoms with E-state index in [2.05, 4.69) is 49.4 Å². The Bertz CT molecular complexity index is 696. The number of aromatic nitrogens is 2. The lowest BCUT2D eigenvalue weighted by molar-refractivity contribution is 0.0945. The topological polar surface area (TPSA) is 64.6 Å². The molecule has 1 aliphatic rings. The van der Waals surface area contributed by atoms with Crippen molar-refractivity contribution >= 4 is 17.4 Å². The molecule has 0 atom stereocenters. The van der Waals surface area contributed by atoms with Crippen molar-refractivity contribution in [2.75, 3.05) is 63.2 Å². The zero-order valence-electron chi connectivity index (χ0n) is 15.4. The van der Waals surface area contributed by atoms with E-state index in [4.69, 9.17) is 0 Å². The molecule has 2 heterocycles. The summed E-state index contributed by atoms with van der Waals surface area (Å²) in [5.41, 5.74) is 1.61. The van der Waals surface area contributed by atoms with Gasteiger partial charge < -0.3 is 20.0 Å². The number of nitrogens with zero attached hydrogens (tertiary/aromatic N) is 5. The van der Waals surface area contributed by atoms with E-state index in [1.807, 2.05) is 25.1 Å². The Balaban J connectivity index is 1.52. The molecule has 1 fully saturated rings. The first-order valence-corrected chi connectivity index (χ1v) is 8.93. The third kappa shape index (κ3) is 4.70. The Hall–Kier alpha value is -2.67. The van der Waals surface area contributed by atoms with E-state index in [1.165, 1.54) is 5.69 Å². The molecular formula is C19H26N6O. The van der Waals surface area contributed by atoms with Crippen molar-refractivity contribution in [3.05, 3.63) is 48.4 Å². The van der Waals surface area contributed by atoms with Crippen LogP contribution in [0.1, 0.15) is 10.5 Å². The smallest absolute Gasteiger partial charge is 0.271 e. The van der Waals surface area contributed by atoms with Crippen LogP contribution in [0.5, 0.6) is 0 Å². The van der Waals surface area contributed by atoms with Crippen LogP contribution >= 0.6 is 0 Å². The van der Waals surface area contributed by atoms with Crippen LogP contribution in [0.15, 0.2) is 42.7 Å². The number of carbonyl (C=O) groups excluding carboxylic acids is 1. The second kappa shape index (κ2) is 8.62. The summed E-state index contributed by atoms with van der Waals surface area (Å²) in [4.78, 5) is 27.4. The summed E-state index contributed by atoms with van der Waals surface area (Å²) in [7, 11) is 3.94. The molecule has 0 unspecified atom stereocenters. The zero-order chi connectivity index (χ0) is 18.4. The molecule has 2 aromatic rings. The Morgan fingerprint density at radius 2 is 1.73 bits per heavy atom. The van der Waals surface area contributed by atoms with Crippen LogP contribution in [0.2, 0.25) is 0 Å². The third-order valence-corrected chi connectivity index (χ3v) is 4.44. The minimum Gasteiger partial charge on any atom is -0.368 e. The number of hydrogen-bond donors (Lipinski definition) is 1. The minimum absolute atomic E-state index is 0.181. The van der Waals surface area contributed by atoms with E-state index in [0.717, 1.165) is 38.5 Å². The number of piperazine rings is 1. The summed E-state index contributed by atoms with van der Waals surface area (Å²) in [6, 6.07) is 10.4. The van der Waals surface area contributed by atoms with Gasteiger partial charge in [0.2, 0.25) is 0 Å². The first-order chi connectivity index (χ1) is 12.6. The predicted octanol–water partition coefficient (Wildman–Crippen LogP) is 1.09. The summed E-state index contributed by atoms with van der Waals surface area (Å²) < 4.78 is 0. The molecule has 1 saturated heterocycles. The van der Waals surface area contributed by atoms with Gasteiger partial charge in [-0.1, -0.05) is 18.2 Å². The molecule has 0 saturated carbocycles. The van der Waals surface area contributed by atoms with E-state index in [9.17, 15) is 4.79 Å². The molecule has 1 N–H and O–H groups in total. The quantitative estimate of drug-likeness (QED) is 0.838. The largest absolute Gasteiger partial charge is 0.368 e. The van der Waals surface area contributed by atoms with Gasteiger partial charge in [-0.3, -0.25) is 4.79 Å². The predicted molar refractivity (Wildman–Crippen MR) is 104 cm³/mol. The highest BCUT2D eigenvalue weighted by Gasteiger charge is 2.19. The maximum Gasteiger partial charge on any atom is 0.271 e. The molecule has 138 valence electrons. The lowest BCUT2D eigenvalue weighted by Crippen LogP contribution is -2.46. The SMILES string of the molecule is CN(C)CCNC(=O)c1cnc(N2CCN(c3ccccc3)CC2)cn1. The van der Waals surface area contributed by atoms with Gasteiger partial charge in [-0.25, -0.2) is 9.97 Å². The summed E-state index contributed by atoms with van der Waals surface area (Å²) in [5, 5.41) is 2.85. The number of benzene rings is 1. The summed E-state index contributed by atoms with van der Waals surface area (Å²) in [6.45, 7) is 5.05. The lowest BCUT2D eigenvalue weighted by atomic mass is 10.2. The number of para-hydroxylation sites is 1. The maximum absolute atomic E-state index is 12.1. The van der Waals surface area contributed by atoms with Crippen molar-refractivity contribution < 1.29 is 4.79 Å². The molecule has 1 aromatic carbocycles. The number of nitrogens with one attached hydrogen (secondary N) is 1. The van der Waals surface area contributed by atoms with Crippen LogP contribution in [0, 0.1) is 0 Å². The normalized spacial score (nSPS) is 14.6. The lowest BCUT2D eigenvalue weighted by Gasteiger charge is -2.36. The van der Waals surface area contributed by atoms with Gasteiger partial charge in [0.15, 0.2) is 0 Å². The fraction of sp³-hybridized carbons (Fsp3) is 0.421. The van der Waals surface area contributed by atoms with Gasteiger partial charge in [-0.2, -0.15) is 0 Å². The fourth-order valence-electron chi connectivity index (χ4n) is 2.92. The molecule has 3 rings (SSSR count). The van der Waals surface area contributed by atoms with Gasteiger partial charge in [-0.15, -0.1) is 0 Å². The van der Waals surface area contributed by atoms with Crippen LogP contribution in [0.25, 0.3) is 0 Å². The Morgan fingerprint density at radius 1 is 1.04 bits per heavy atom. The molecule has 1 amide bonds. The van der Waals surface area contributed by atoms with Crippen molar-refractivity contribution in [2.45, 2.75) is 0 Å². The van der Waals surface area contributed by atoms with Gasteiger partial charge in [0.05, 0.1) is 12.4 Å². The Morgan fingerprint density at radius 3 is 2.35 bits per heavy atom. The van der Waals surface area contributed by atoms with Gasteiger partial charge in [0.1, 0.15) is 11.5 Å². The number of likely N-dealkylation sites (N-methyl/N-ethyl adjacent to an activating group) is 1. The van der Waals surface area contributed by atoms with Crippen LogP contribution < -0.4 is 15.1 Å². The second-order valence-corrected chi connectivity index (χ2v) is 6.63. The highest BCUT2D eigenvalue weighted by Crippen LogP contribution is 2.18.